The lowest BCUT2D eigenvalue weighted by Crippen LogP contribution is -2.37. The normalized spacial score (nSPS) is 14.0. The van der Waals surface area contributed by atoms with E-state index in [0.717, 1.165) is 12.8 Å². The Balaban J connectivity index is 3.44. The number of allylic oxidation sites excluding steroid dienone is 1. The Hall–Kier alpha value is -0.830. The van der Waals surface area contributed by atoms with Crippen LogP contribution < -0.4 is 0 Å². The second-order valence-electron chi connectivity index (χ2n) is 7.44. The monoisotopic (exact) mass is 354 g/mol. The van der Waals surface area contributed by atoms with Crippen LogP contribution in [0.4, 0.5) is 0 Å². The predicted octanol–water partition coefficient (Wildman–Crippen LogP) is 6.64. The quantitative estimate of drug-likeness (QED) is 0.214. The van der Waals surface area contributed by atoms with Crippen LogP contribution in [0.3, 0.4) is 0 Å². The average molecular weight is 355 g/mol. The van der Waals surface area contributed by atoms with E-state index in [1.54, 1.807) is 0 Å². The van der Waals surface area contributed by atoms with Crippen LogP contribution in [0, 0.1) is 0 Å². The lowest BCUT2D eigenvalue weighted by molar-refractivity contribution is -0.158. The number of unbranched alkanes of at least 4 members (excludes halogenated alkanes) is 12. The van der Waals surface area contributed by atoms with Crippen molar-refractivity contribution in [3.8, 4) is 0 Å². The van der Waals surface area contributed by atoms with Gasteiger partial charge < -0.3 is 10.2 Å². The maximum absolute atomic E-state index is 11.1. The van der Waals surface area contributed by atoms with Gasteiger partial charge in [-0.1, -0.05) is 103 Å². The number of carbonyl (C=O) groups is 1. The van der Waals surface area contributed by atoms with E-state index in [4.69, 9.17) is 5.11 Å². The van der Waals surface area contributed by atoms with Gasteiger partial charge in [0.05, 0.1) is 0 Å². The van der Waals surface area contributed by atoms with Crippen LogP contribution in [0.25, 0.3) is 0 Å². The van der Waals surface area contributed by atoms with Crippen molar-refractivity contribution in [3.63, 3.8) is 0 Å². The molecule has 0 fully saturated rings. The standard InChI is InChI=1S/C22H42O3/c1-3-5-6-7-8-9-10-11-12-13-14-15-16-17-18-20-22(25,19-4-2)21(23)24/h17-18,25H,3-16,19-20H2,1-2H3,(H,23,24). The molecule has 3 nitrogen and oxygen atoms in total. The minimum atomic E-state index is -1.58. The summed E-state index contributed by atoms with van der Waals surface area (Å²) in [6, 6.07) is 0. The second kappa shape index (κ2) is 16.6. The van der Waals surface area contributed by atoms with Gasteiger partial charge in [0.1, 0.15) is 0 Å². The number of carboxylic acid groups (broad SMARTS) is 1. The Kier molecular flexibility index (Phi) is 16.1. The molecule has 0 heterocycles. The molecular weight excluding hydrogens is 312 g/mol. The molecule has 148 valence electrons. The summed E-state index contributed by atoms with van der Waals surface area (Å²) >= 11 is 0. The molecule has 0 aliphatic rings. The summed E-state index contributed by atoms with van der Waals surface area (Å²) in [5, 5.41) is 19.1. The van der Waals surface area contributed by atoms with Crippen molar-refractivity contribution >= 4 is 5.97 Å². The molecule has 0 aliphatic heterocycles. The SMILES string of the molecule is CCCCCCCCCCCCCCC=CCC(O)(CCC)C(=O)O. The molecule has 0 spiro atoms. The highest BCUT2D eigenvalue weighted by Gasteiger charge is 2.33. The van der Waals surface area contributed by atoms with Crippen molar-refractivity contribution in [2.75, 3.05) is 0 Å². The maximum atomic E-state index is 11.1. The zero-order valence-electron chi connectivity index (χ0n) is 16.8. The third-order valence-electron chi connectivity index (χ3n) is 4.91. The first kappa shape index (κ1) is 24.2. The molecule has 0 rings (SSSR count). The van der Waals surface area contributed by atoms with Crippen molar-refractivity contribution in [3.05, 3.63) is 12.2 Å². The molecular formula is C22H42O3. The lowest BCUT2D eigenvalue weighted by atomic mass is 9.94. The third-order valence-corrected chi connectivity index (χ3v) is 4.91. The van der Waals surface area contributed by atoms with Crippen molar-refractivity contribution in [2.45, 2.75) is 122 Å². The van der Waals surface area contributed by atoms with Gasteiger partial charge in [-0.05, 0) is 19.3 Å². The number of carboxylic acids is 1. The Bertz CT molecular complexity index is 338. The molecule has 0 aromatic heterocycles. The van der Waals surface area contributed by atoms with Crippen LogP contribution in [-0.4, -0.2) is 21.8 Å². The number of rotatable bonds is 18. The Morgan fingerprint density at radius 3 is 1.68 bits per heavy atom. The molecule has 0 amide bonds. The molecule has 0 saturated carbocycles. The topological polar surface area (TPSA) is 57.5 Å². The van der Waals surface area contributed by atoms with Gasteiger partial charge in [-0.2, -0.15) is 0 Å². The lowest BCUT2D eigenvalue weighted by Gasteiger charge is -2.20. The number of hydrogen-bond acceptors (Lipinski definition) is 2. The largest absolute Gasteiger partial charge is 0.479 e. The zero-order valence-corrected chi connectivity index (χ0v) is 16.8. The molecule has 1 unspecified atom stereocenters. The van der Waals surface area contributed by atoms with E-state index in [1.807, 2.05) is 19.1 Å². The summed E-state index contributed by atoms with van der Waals surface area (Å²) < 4.78 is 0. The fraction of sp³-hybridized carbons (Fsp3) is 0.864. The van der Waals surface area contributed by atoms with Crippen molar-refractivity contribution < 1.29 is 15.0 Å². The summed E-state index contributed by atoms with van der Waals surface area (Å²) in [6.45, 7) is 4.15. The molecule has 0 aromatic rings. The number of aliphatic carboxylic acids is 1. The summed E-state index contributed by atoms with van der Waals surface area (Å²) in [5.74, 6) is -1.11. The van der Waals surface area contributed by atoms with Gasteiger partial charge in [0.15, 0.2) is 5.60 Å². The molecule has 0 bridgehead atoms. The van der Waals surface area contributed by atoms with E-state index >= 15 is 0 Å². The van der Waals surface area contributed by atoms with Gasteiger partial charge in [0.2, 0.25) is 0 Å². The van der Waals surface area contributed by atoms with E-state index in [-0.39, 0.29) is 6.42 Å². The molecule has 2 N–H and O–H groups in total. The number of hydrogen-bond donors (Lipinski definition) is 2. The zero-order chi connectivity index (χ0) is 18.8. The summed E-state index contributed by atoms with van der Waals surface area (Å²) in [4.78, 5) is 11.1. The van der Waals surface area contributed by atoms with Gasteiger partial charge in [-0.25, -0.2) is 4.79 Å². The molecule has 3 heteroatoms. The highest BCUT2D eigenvalue weighted by atomic mass is 16.4. The Morgan fingerprint density at radius 2 is 1.24 bits per heavy atom. The van der Waals surface area contributed by atoms with Gasteiger partial charge in [0, 0.05) is 6.42 Å². The van der Waals surface area contributed by atoms with E-state index in [9.17, 15) is 9.90 Å². The Labute approximate surface area is 155 Å². The van der Waals surface area contributed by atoms with E-state index in [1.165, 1.54) is 70.6 Å². The second-order valence-corrected chi connectivity index (χ2v) is 7.44. The summed E-state index contributed by atoms with van der Waals surface area (Å²) in [7, 11) is 0. The van der Waals surface area contributed by atoms with Crippen LogP contribution in [0.1, 0.15) is 117 Å². The predicted molar refractivity (Wildman–Crippen MR) is 107 cm³/mol. The van der Waals surface area contributed by atoms with E-state index in [2.05, 4.69) is 6.92 Å². The maximum Gasteiger partial charge on any atom is 0.335 e. The first-order valence-corrected chi connectivity index (χ1v) is 10.7. The minimum Gasteiger partial charge on any atom is -0.479 e. The van der Waals surface area contributed by atoms with Gasteiger partial charge in [-0.15, -0.1) is 0 Å². The highest BCUT2D eigenvalue weighted by molar-refractivity contribution is 5.77. The van der Waals surface area contributed by atoms with Crippen molar-refractivity contribution in [2.24, 2.45) is 0 Å². The van der Waals surface area contributed by atoms with Gasteiger partial charge in [-0.3, -0.25) is 0 Å². The average Bonchev–Trinajstić information content (AvgIpc) is 2.58. The van der Waals surface area contributed by atoms with Gasteiger partial charge in [0.25, 0.3) is 0 Å². The molecule has 0 aliphatic carbocycles. The number of aliphatic hydroxyl groups is 1. The van der Waals surface area contributed by atoms with Crippen LogP contribution in [0.2, 0.25) is 0 Å². The Morgan fingerprint density at radius 1 is 0.760 bits per heavy atom. The molecule has 0 radical (unpaired) electrons. The summed E-state index contributed by atoms with van der Waals surface area (Å²) in [6.07, 6.45) is 22.2. The van der Waals surface area contributed by atoms with Crippen LogP contribution in [-0.2, 0) is 4.79 Å². The first-order valence-electron chi connectivity index (χ1n) is 10.7. The van der Waals surface area contributed by atoms with Crippen LogP contribution in [0.15, 0.2) is 12.2 Å². The highest BCUT2D eigenvalue weighted by Crippen LogP contribution is 2.19. The van der Waals surface area contributed by atoms with Crippen molar-refractivity contribution in [1.29, 1.82) is 0 Å². The van der Waals surface area contributed by atoms with Gasteiger partial charge >= 0.3 is 5.97 Å². The fourth-order valence-electron chi connectivity index (χ4n) is 3.21. The smallest absolute Gasteiger partial charge is 0.335 e. The first-order chi connectivity index (χ1) is 12.1. The van der Waals surface area contributed by atoms with Crippen LogP contribution in [0.5, 0.6) is 0 Å². The van der Waals surface area contributed by atoms with Crippen LogP contribution >= 0.6 is 0 Å². The van der Waals surface area contributed by atoms with E-state index in [0.29, 0.717) is 12.8 Å². The summed E-state index contributed by atoms with van der Waals surface area (Å²) in [5.41, 5.74) is -1.58. The van der Waals surface area contributed by atoms with E-state index < -0.39 is 11.6 Å². The minimum absolute atomic E-state index is 0.217. The van der Waals surface area contributed by atoms with Crippen molar-refractivity contribution in [1.82, 2.24) is 0 Å². The molecule has 1 atom stereocenters. The third kappa shape index (κ3) is 14.1. The molecule has 25 heavy (non-hydrogen) atoms. The molecule has 0 saturated heterocycles. The fourth-order valence-corrected chi connectivity index (χ4v) is 3.21. The molecule has 0 aromatic carbocycles.